The Hall–Kier alpha value is -0.680. The minimum Gasteiger partial charge on any atom is -0.0889 e. The molecule has 0 saturated heterocycles. The van der Waals surface area contributed by atoms with Crippen LogP contribution in [0.5, 0.6) is 0 Å². The number of hydrogen-bond donors (Lipinski definition) is 0. The number of benzene rings is 3. The van der Waals surface area contributed by atoms with Crippen molar-refractivity contribution in [2.45, 2.75) is 19.6 Å². The highest BCUT2D eigenvalue weighted by molar-refractivity contribution is 9.10. The first-order valence-electron chi connectivity index (χ1n) is 6.67. The summed E-state index contributed by atoms with van der Waals surface area (Å²) in [5, 5.41) is 0. The molecule has 0 nitrogen and oxygen atoms in total. The zero-order valence-electron chi connectivity index (χ0n) is 11.5. The molecule has 110 valence electrons. The average Bonchev–Trinajstić information content (AvgIpc) is 2.52. The van der Waals surface area contributed by atoms with Gasteiger partial charge < -0.3 is 0 Å². The SMILES string of the molecule is Brc1ccccc1Sc1cccc(Sc2ccccc2Br)c1. The van der Waals surface area contributed by atoms with Gasteiger partial charge in [-0.05, 0) is 74.3 Å². The average molecular weight is 452 g/mol. The van der Waals surface area contributed by atoms with E-state index in [4.69, 9.17) is 0 Å². The summed E-state index contributed by atoms with van der Waals surface area (Å²) in [5.41, 5.74) is 0. The van der Waals surface area contributed by atoms with Crippen molar-refractivity contribution < 1.29 is 0 Å². The van der Waals surface area contributed by atoms with Crippen LogP contribution in [0, 0.1) is 0 Å². The van der Waals surface area contributed by atoms with Gasteiger partial charge in [-0.15, -0.1) is 0 Å². The van der Waals surface area contributed by atoms with Crippen molar-refractivity contribution in [2.75, 3.05) is 0 Å². The maximum Gasteiger partial charge on any atom is 0.0314 e. The van der Waals surface area contributed by atoms with Gasteiger partial charge in [0.15, 0.2) is 0 Å². The van der Waals surface area contributed by atoms with Gasteiger partial charge in [-0.25, -0.2) is 0 Å². The van der Waals surface area contributed by atoms with Crippen LogP contribution in [-0.2, 0) is 0 Å². The number of rotatable bonds is 4. The fraction of sp³-hybridized carbons (Fsp3) is 0. The van der Waals surface area contributed by atoms with Gasteiger partial charge in [0.2, 0.25) is 0 Å². The smallest absolute Gasteiger partial charge is 0.0314 e. The van der Waals surface area contributed by atoms with Crippen molar-refractivity contribution in [3.63, 3.8) is 0 Å². The largest absolute Gasteiger partial charge is 0.0889 e. The van der Waals surface area contributed by atoms with Crippen LogP contribution in [0.15, 0.2) is 101 Å². The second kappa shape index (κ2) is 7.73. The second-order valence-electron chi connectivity index (χ2n) is 4.54. The Bertz CT molecular complexity index is 725. The Kier molecular flexibility index (Phi) is 5.69. The monoisotopic (exact) mass is 450 g/mol. The normalized spacial score (nSPS) is 10.6. The Balaban J connectivity index is 1.81. The molecular weight excluding hydrogens is 440 g/mol. The first-order chi connectivity index (χ1) is 10.7. The summed E-state index contributed by atoms with van der Waals surface area (Å²) in [6.07, 6.45) is 0. The molecule has 0 aliphatic rings. The minimum absolute atomic E-state index is 1.13. The maximum absolute atomic E-state index is 3.60. The van der Waals surface area contributed by atoms with E-state index in [0.717, 1.165) is 8.95 Å². The van der Waals surface area contributed by atoms with Crippen molar-refractivity contribution in [3.8, 4) is 0 Å². The highest BCUT2D eigenvalue weighted by Crippen LogP contribution is 2.37. The van der Waals surface area contributed by atoms with Crippen molar-refractivity contribution in [1.82, 2.24) is 0 Å². The molecule has 0 heterocycles. The fourth-order valence-electron chi connectivity index (χ4n) is 1.91. The molecule has 0 spiro atoms. The predicted molar refractivity (Wildman–Crippen MR) is 103 cm³/mol. The third-order valence-electron chi connectivity index (χ3n) is 2.93. The molecule has 0 N–H and O–H groups in total. The number of halogens is 2. The van der Waals surface area contributed by atoms with E-state index in [2.05, 4.69) is 92.5 Å². The molecule has 0 saturated carbocycles. The van der Waals surface area contributed by atoms with Gasteiger partial charge in [-0.1, -0.05) is 53.9 Å². The zero-order valence-corrected chi connectivity index (χ0v) is 16.3. The Morgan fingerprint density at radius 1 is 0.545 bits per heavy atom. The van der Waals surface area contributed by atoms with Crippen LogP contribution in [0.25, 0.3) is 0 Å². The molecule has 0 amide bonds. The molecule has 4 heteroatoms. The topological polar surface area (TPSA) is 0 Å². The Labute approximate surface area is 156 Å². The molecule has 0 bridgehead atoms. The second-order valence-corrected chi connectivity index (χ2v) is 8.48. The molecule has 22 heavy (non-hydrogen) atoms. The van der Waals surface area contributed by atoms with Crippen molar-refractivity contribution in [1.29, 1.82) is 0 Å². The molecule has 0 atom stereocenters. The lowest BCUT2D eigenvalue weighted by atomic mass is 10.4. The van der Waals surface area contributed by atoms with Crippen LogP contribution < -0.4 is 0 Å². The molecule has 3 aromatic carbocycles. The van der Waals surface area contributed by atoms with E-state index in [1.807, 2.05) is 12.1 Å². The lowest BCUT2D eigenvalue weighted by Crippen LogP contribution is -1.79. The molecule has 0 aromatic heterocycles. The summed E-state index contributed by atoms with van der Waals surface area (Å²) in [5.74, 6) is 0. The van der Waals surface area contributed by atoms with E-state index in [-0.39, 0.29) is 0 Å². The van der Waals surface area contributed by atoms with E-state index < -0.39 is 0 Å². The molecule has 3 aromatic rings. The van der Waals surface area contributed by atoms with Crippen LogP contribution in [0.1, 0.15) is 0 Å². The summed E-state index contributed by atoms with van der Waals surface area (Å²) in [6.45, 7) is 0. The van der Waals surface area contributed by atoms with Crippen molar-refractivity contribution in [3.05, 3.63) is 81.7 Å². The molecule has 0 radical (unpaired) electrons. The van der Waals surface area contributed by atoms with Gasteiger partial charge in [-0.3, -0.25) is 0 Å². The van der Waals surface area contributed by atoms with Crippen molar-refractivity contribution >= 4 is 55.4 Å². The molecule has 0 fully saturated rings. The van der Waals surface area contributed by atoms with Crippen LogP contribution in [0.3, 0.4) is 0 Å². The molecule has 0 aliphatic carbocycles. The summed E-state index contributed by atoms with van der Waals surface area (Å²) in [6, 6.07) is 25.2. The van der Waals surface area contributed by atoms with E-state index in [0.29, 0.717) is 0 Å². The number of hydrogen-bond acceptors (Lipinski definition) is 2. The van der Waals surface area contributed by atoms with Crippen LogP contribution >= 0.6 is 55.4 Å². The highest BCUT2D eigenvalue weighted by atomic mass is 79.9. The molecule has 0 unspecified atom stereocenters. The van der Waals surface area contributed by atoms with Crippen LogP contribution in [-0.4, -0.2) is 0 Å². The first-order valence-corrected chi connectivity index (χ1v) is 9.89. The van der Waals surface area contributed by atoms with E-state index >= 15 is 0 Å². The van der Waals surface area contributed by atoms with Gasteiger partial charge in [0.25, 0.3) is 0 Å². The minimum atomic E-state index is 1.13. The summed E-state index contributed by atoms with van der Waals surface area (Å²) >= 11 is 10.7. The zero-order chi connectivity index (χ0) is 15.4. The van der Waals surface area contributed by atoms with E-state index in [1.54, 1.807) is 23.5 Å². The fourth-order valence-corrected chi connectivity index (χ4v) is 4.84. The van der Waals surface area contributed by atoms with Crippen LogP contribution in [0.2, 0.25) is 0 Å². The lowest BCUT2D eigenvalue weighted by molar-refractivity contribution is 1.30. The van der Waals surface area contributed by atoms with Crippen molar-refractivity contribution in [2.24, 2.45) is 0 Å². The van der Waals surface area contributed by atoms with Gasteiger partial charge in [0.1, 0.15) is 0 Å². The molecule has 3 rings (SSSR count). The standard InChI is InChI=1S/C18H12Br2S2/c19-15-8-1-3-10-17(15)21-13-6-5-7-14(12-13)22-18-11-4-2-9-16(18)20/h1-12H. The summed E-state index contributed by atoms with van der Waals surface area (Å²) < 4.78 is 2.26. The van der Waals surface area contributed by atoms with Crippen LogP contribution in [0.4, 0.5) is 0 Å². The summed E-state index contributed by atoms with van der Waals surface area (Å²) in [7, 11) is 0. The van der Waals surface area contributed by atoms with E-state index in [1.165, 1.54) is 19.6 Å². The third-order valence-corrected chi connectivity index (χ3v) is 6.97. The Morgan fingerprint density at radius 3 is 1.45 bits per heavy atom. The maximum atomic E-state index is 3.60. The third kappa shape index (κ3) is 4.19. The van der Waals surface area contributed by atoms with Gasteiger partial charge in [-0.2, -0.15) is 0 Å². The van der Waals surface area contributed by atoms with Gasteiger partial charge in [0, 0.05) is 28.5 Å². The predicted octanol–water partition coefficient (Wildman–Crippen LogP) is 7.51. The van der Waals surface area contributed by atoms with E-state index in [9.17, 15) is 0 Å². The Morgan fingerprint density at radius 2 is 1.00 bits per heavy atom. The quantitative estimate of drug-likeness (QED) is 0.402. The lowest BCUT2D eigenvalue weighted by Gasteiger charge is -2.07. The van der Waals surface area contributed by atoms with Gasteiger partial charge >= 0.3 is 0 Å². The highest BCUT2D eigenvalue weighted by Gasteiger charge is 2.05. The summed E-state index contributed by atoms with van der Waals surface area (Å²) in [4.78, 5) is 4.93. The van der Waals surface area contributed by atoms with Gasteiger partial charge in [0.05, 0.1) is 0 Å². The molecular formula is C18H12Br2S2. The molecule has 0 aliphatic heterocycles. The first kappa shape index (κ1) is 16.2.